The van der Waals surface area contributed by atoms with Gasteiger partial charge in [-0.1, -0.05) is 30.3 Å². The summed E-state index contributed by atoms with van der Waals surface area (Å²) in [6.07, 6.45) is 0.489. The molecule has 0 bridgehead atoms. The van der Waals surface area contributed by atoms with E-state index < -0.39 is 11.9 Å². The van der Waals surface area contributed by atoms with E-state index in [2.05, 4.69) is 0 Å². The molecule has 0 spiro atoms. The van der Waals surface area contributed by atoms with Crippen LogP contribution in [-0.4, -0.2) is 35.0 Å². The minimum Gasteiger partial charge on any atom is -0.481 e. The number of hydrogen-bond donors (Lipinski definition) is 1. The first kappa shape index (κ1) is 15.1. The maximum Gasteiger partial charge on any atom is 0.308 e. The molecule has 118 valence electrons. The van der Waals surface area contributed by atoms with Crippen LogP contribution in [0, 0.1) is 5.92 Å². The van der Waals surface area contributed by atoms with Gasteiger partial charge in [0.05, 0.1) is 11.5 Å². The number of aliphatic carboxylic acids is 1. The maximum atomic E-state index is 12.7. The van der Waals surface area contributed by atoms with E-state index in [0.29, 0.717) is 30.0 Å². The maximum absolute atomic E-state index is 12.7. The number of rotatable bonds is 4. The summed E-state index contributed by atoms with van der Waals surface area (Å²) >= 11 is 0. The van der Waals surface area contributed by atoms with Crippen LogP contribution in [0.4, 0.5) is 0 Å². The average molecular weight is 311 g/mol. The number of ether oxygens (including phenoxy) is 1. The third-order valence-corrected chi connectivity index (χ3v) is 3.91. The lowest BCUT2D eigenvalue weighted by Gasteiger charge is -2.18. The molecular weight excluding hydrogens is 294 g/mol. The number of amides is 1. The molecule has 1 aliphatic rings. The third kappa shape index (κ3) is 3.34. The number of carbonyl (C=O) groups is 2. The number of likely N-dealkylation sites (tertiary alicyclic amines) is 1. The minimum atomic E-state index is -0.853. The van der Waals surface area contributed by atoms with Gasteiger partial charge < -0.3 is 14.7 Å². The quantitative estimate of drug-likeness (QED) is 0.942. The fourth-order valence-electron chi connectivity index (χ4n) is 2.66. The van der Waals surface area contributed by atoms with E-state index in [0.717, 1.165) is 0 Å². The topological polar surface area (TPSA) is 66.8 Å². The predicted molar refractivity (Wildman–Crippen MR) is 84.6 cm³/mol. The summed E-state index contributed by atoms with van der Waals surface area (Å²) < 4.78 is 5.80. The van der Waals surface area contributed by atoms with Crippen LogP contribution in [0.1, 0.15) is 16.8 Å². The zero-order chi connectivity index (χ0) is 16.2. The van der Waals surface area contributed by atoms with E-state index in [-0.39, 0.29) is 12.5 Å². The van der Waals surface area contributed by atoms with Gasteiger partial charge in [0.15, 0.2) is 0 Å². The van der Waals surface area contributed by atoms with Crippen molar-refractivity contribution in [1.82, 2.24) is 4.90 Å². The van der Waals surface area contributed by atoms with Crippen LogP contribution in [0.5, 0.6) is 11.5 Å². The molecule has 1 N–H and O–H groups in total. The van der Waals surface area contributed by atoms with Gasteiger partial charge in [0.1, 0.15) is 11.5 Å². The van der Waals surface area contributed by atoms with E-state index in [1.165, 1.54) is 0 Å². The van der Waals surface area contributed by atoms with Crippen molar-refractivity contribution in [2.45, 2.75) is 6.42 Å². The largest absolute Gasteiger partial charge is 0.481 e. The molecule has 1 saturated heterocycles. The Bertz CT molecular complexity index is 714. The van der Waals surface area contributed by atoms with Crippen LogP contribution >= 0.6 is 0 Å². The molecule has 1 aliphatic heterocycles. The van der Waals surface area contributed by atoms with Crippen molar-refractivity contribution in [3.05, 3.63) is 60.2 Å². The summed E-state index contributed by atoms with van der Waals surface area (Å²) in [5.74, 6) is -0.407. The highest BCUT2D eigenvalue weighted by atomic mass is 16.5. The van der Waals surface area contributed by atoms with Crippen molar-refractivity contribution in [3.63, 3.8) is 0 Å². The molecule has 0 saturated carbocycles. The van der Waals surface area contributed by atoms with Crippen molar-refractivity contribution in [2.75, 3.05) is 13.1 Å². The molecule has 5 nitrogen and oxygen atoms in total. The molecule has 2 aromatic rings. The first-order valence-corrected chi connectivity index (χ1v) is 7.49. The highest BCUT2D eigenvalue weighted by molar-refractivity contribution is 5.97. The van der Waals surface area contributed by atoms with E-state index >= 15 is 0 Å². The zero-order valence-corrected chi connectivity index (χ0v) is 12.5. The van der Waals surface area contributed by atoms with Crippen molar-refractivity contribution in [2.24, 2.45) is 5.92 Å². The number of carboxylic acid groups (broad SMARTS) is 1. The predicted octanol–water partition coefficient (Wildman–Crippen LogP) is 3.03. The molecule has 2 aromatic carbocycles. The Hall–Kier alpha value is -2.82. The summed E-state index contributed by atoms with van der Waals surface area (Å²) in [6, 6.07) is 16.3. The molecule has 0 aliphatic carbocycles. The van der Waals surface area contributed by atoms with Crippen molar-refractivity contribution in [3.8, 4) is 11.5 Å². The lowest BCUT2D eigenvalue weighted by atomic mass is 10.1. The van der Waals surface area contributed by atoms with Crippen LogP contribution < -0.4 is 4.74 Å². The van der Waals surface area contributed by atoms with Gasteiger partial charge in [0.2, 0.25) is 0 Å². The summed E-state index contributed by atoms with van der Waals surface area (Å²) in [6.45, 7) is 0.698. The van der Waals surface area contributed by atoms with E-state index in [1.807, 2.05) is 30.3 Å². The molecular formula is C18H17NO4. The molecule has 1 fully saturated rings. The molecule has 0 radical (unpaired) electrons. The summed E-state index contributed by atoms with van der Waals surface area (Å²) in [7, 11) is 0. The average Bonchev–Trinajstić information content (AvgIpc) is 3.06. The highest BCUT2D eigenvalue weighted by Gasteiger charge is 2.32. The summed E-state index contributed by atoms with van der Waals surface area (Å²) in [5.41, 5.74) is 0.447. The van der Waals surface area contributed by atoms with Gasteiger partial charge in [-0.2, -0.15) is 0 Å². The number of carbonyl (C=O) groups excluding carboxylic acids is 1. The number of para-hydroxylation sites is 2. The van der Waals surface area contributed by atoms with Crippen LogP contribution in [0.3, 0.4) is 0 Å². The van der Waals surface area contributed by atoms with Gasteiger partial charge in [-0.3, -0.25) is 9.59 Å². The van der Waals surface area contributed by atoms with Gasteiger partial charge >= 0.3 is 5.97 Å². The monoisotopic (exact) mass is 311 g/mol. The lowest BCUT2D eigenvalue weighted by molar-refractivity contribution is -0.141. The Kier molecular flexibility index (Phi) is 4.28. The van der Waals surface area contributed by atoms with Gasteiger partial charge in [-0.05, 0) is 30.7 Å². The Morgan fingerprint density at radius 1 is 1.04 bits per heavy atom. The van der Waals surface area contributed by atoms with Crippen LogP contribution in [0.2, 0.25) is 0 Å². The van der Waals surface area contributed by atoms with Gasteiger partial charge in [-0.15, -0.1) is 0 Å². The van der Waals surface area contributed by atoms with Crippen molar-refractivity contribution in [1.29, 1.82) is 0 Å². The Balaban J connectivity index is 1.80. The standard InChI is InChI=1S/C18H17NO4/c20-17(19-11-10-13(12-19)18(21)22)15-8-4-5-9-16(15)23-14-6-2-1-3-7-14/h1-9,13H,10-12H2,(H,21,22)/t13-/m0/s1. The molecule has 1 heterocycles. The zero-order valence-electron chi connectivity index (χ0n) is 12.5. The fraction of sp³-hybridized carbons (Fsp3) is 0.222. The molecule has 1 atom stereocenters. The Morgan fingerprint density at radius 2 is 1.74 bits per heavy atom. The molecule has 5 heteroatoms. The van der Waals surface area contributed by atoms with E-state index in [4.69, 9.17) is 9.84 Å². The van der Waals surface area contributed by atoms with Gasteiger partial charge in [0, 0.05) is 13.1 Å². The summed E-state index contributed by atoms with van der Waals surface area (Å²) in [5, 5.41) is 9.07. The first-order valence-electron chi connectivity index (χ1n) is 7.49. The van der Waals surface area contributed by atoms with Crippen LogP contribution in [0.15, 0.2) is 54.6 Å². The smallest absolute Gasteiger partial charge is 0.308 e. The van der Waals surface area contributed by atoms with E-state index in [1.54, 1.807) is 29.2 Å². The van der Waals surface area contributed by atoms with Gasteiger partial charge in [-0.25, -0.2) is 0 Å². The Labute approximate surface area is 134 Å². The van der Waals surface area contributed by atoms with Crippen molar-refractivity contribution < 1.29 is 19.4 Å². The lowest BCUT2D eigenvalue weighted by Crippen LogP contribution is -2.30. The first-order chi connectivity index (χ1) is 11.1. The minimum absolute atomic E-state index is 0.194. The SMILES string of the molecule is O=C(O)[C@H]1CCN(C(=O)c2ccccc2Oc2ccccc2)C1. The molecule has 0 unspecified atom stereocenters. The second-order valence-electron chi connectivity index (χ2n) is 5.49. The second-order valence-corrected chi connectivity index (χ2v) is 5.49. The molecule has 1 amide bonds. The highest BCUT2D eigenvalue weighted by Crippen LogP contribution is 2.28. The second kappa shape index (κ2) is 6.52. The number of carboxylic acids is 1. The fourth-order valence-corrected chi connectivity index (χ4v) is 2.66. The number of nitrogens with zero attached hydrogens (tertiary/aromatic N) is 1. The molecule has 23 heavy (non-hydrogen) atoms. The van der Waals surface area contributed by atoms with Crippen molar-refractivity contribution >= 4 is 11.9 Å². The Morgan fingerprint density at radius 3 is 2.43 bits per heavy atom. The molecule has 0 aromatic heterocycles. The normalized spacial score (nSPS) is 17.0. The summed E-state index contributed by atoms with van der Waals surface area (Å²) in [4.78, 5) is 25.3. The molecule has 3 rings (SSSR count). The van der Waals surface area contributed by atoms with Crippen LogP contribution in [0.25, 0.3) is 0 Å². The van der Waals surface area contributed by atoms with E-state index in [9.17, 15) is 9.59 Å². The third-order valence-electron chi connectivity index (χ3n) is 3.91. The number of benzene rings is 2. The van der Waals surface area contributed by atoms with Gasteiger partial charge in [0.25, 0.3) is 5.91 Å². The van der Waals surface area contributed by atoms with Crippen LogP contribution in [-0.2, 0) is 4.79 Å². The number of hydrogen-bond acceptors (Lipinski definition) is 3.